The fourth-order valence-electron chi connectivity index (χ4n) is 2.53. The molecule has 2 amide bonds. The van der Waals surface area contributed by atoms with E-state index < -0.39 is 0 Å². The Balaban J connectivity index is 1.89. The van der Waals surface area contributed by atoms with Gasteiger partial charge in [0.1, 0.15) is 5.52 Å². The van der Waals surface area contributed by atoms with Crippen LogP contribution in [0.25, 0.3) is 11.2 Å². The fourth-order valence-corrected chi connectivity index (χ4v) is 2.53. The Kier molecular flexibility index (Phi) is 5.69. The third-order valence-corrected chi connectivity index (χ3v) is 3.70. The van der Waals surface area contributed by atoms with Gasteiger partial charge in [-0.25, -0.2) is 9.97 Å². The first-order valence-electron chi connectivity index (χ1n) is 8.83. The molecule has 0 bridgehead atoms. The normalized spacial score (nSPS) is 11.1. The van der Waals surface area contributed by atoms with Crippen molar-refractivity contribution in [2.75, 3.05) is 5.32 Å². The highest BCUT2D eigenvalue weighted by atomic mass is 16.5. The molecule has 2 heterocycles. The van der Waals surface area contributed by atoms with Crippen LogP contribution < -0.4 is 15.4 Å². The zero-order valence-corrected chi connectivity index (χ0v) is 15.8. The monoisotopic (exact) mass is 379 g/mol. The number of nitrogens with one attached hydrogen (secondary N) is 3. The molecular formula is C20H21N5O3. The number of ether oxygens (including phenoxy) is 1. The SMILES string of the molecule is CC=CC(=O)Nc1ccccc1Oc1cnc2[nH]cc(C(=O)NC(C)C)c2n1. The lowest BCUT2D eigenvalue weighted by atomic mass is 10.2. The first-order valence-corrected chi connectivity index (χ1v) is 8.83. The van der Waals surface area contributed by atoms with Gasteiger partial charge < -0.3 is 20.4 Å². The van der Waals surface area contributed by atoms with E-state index in [0.29, 0.717) is 28.2 Å². The van der Waals surface area contributed by atoms with E-state index >= 15 is 0 Å². The minimum atomic E-state index is -0.265. The van der Waals surface area contributed by atoms with Gasteiger partial charge in [-0.3, -0.25) is 9.59 Å². The van der Waals surface area contributed by atoms with Gasteiger partial charge in [-0.15, -0.1) is 0 Å². The van der Waals surface area contributed by atoms with Crippen LogP contribution in [0.1, 0.15) is 31.1 Å². The zero-order valence-electron chi connectivity index (χ0n) is 15.8. The number of aromatic amines is 1. The number of anilines is 1. The maximum absolute atomic E-state index is 12.3. The number of carbonyl (C=O) groups excluding carboxylic acids is 2. The van der Waals surface area contributed by atoms with Crippen LogP contribution in [-0.4, -0.2) is 32.8 Å². The van der Waals surface area contributed by atoms with Crippen molar-refractivity contribution in [2.45, 2.75) is 26.8 Å². The molecular weight excluding hydrogens is 358 g/mol. The van der Waals surface area contributed by atoms with Crippen molar-refractivity contribution >= 4 is 28.7 Å². The number of benzene rings is 1. The Hall–Kier alpha value is -3.68. The van der Waals surface area contributed by atoms with Gasteiger partial charge in [0.05, 0.1) is 17.4 Å². The number of H-pyrrole nitrogens is 1. The smallest absolute Gasteiger partial charge is 0.255 e. The zero-order chi connectivity index (χ0) is 20.1. The molecule has 0 aliphatic heterocycles. The molecule has 0 saturated heterocycles. The first-order chi connectivity index (χ1) is 13.5. The summed E-state index contributed by atoms with van der Waals surface area (Å²) in [6.07, 6.45) is 6.08. The Labute approximate surface area is 162 Å². The van der Waals surface area contributed by atoms with Gasteiger partial charge in [-0.05, 0) is 39.0 Å². The Bertz CT molecular complexity index is 1040. The molecule has 3 rings (SSSR count). The fraction of sp³-hybridized carbons (Fsp3) is 0.200. The summed E-state index contributed by atoms with van der Waals surface area (Å²) in [6, 6.07) is 7.00. The van der Waals surface area contributed by atoms with Gasteiger partial charge in [0.25, 0.3) is 5.91 Å². The van der Waals surface area contributed by atoms with Crippen LogP contribution in [0.4, 0.5) is 5.69 Å². The molecule has 28 heavy (non-hydrogen) atoms. The summed E-state index contributed by atoms with van der Waals surface area (Å²) < 4.78 is 5.82. The predicted molar refractivity (Wildman–Crippen MR) is 106 cm³/mol. The van der Waals surface area contributed by atoms with Gasteiger partial charge >= 0.3 is 0 Å². The molecule has 1 aromatic carbocycles. The molecule has 0 radical (unpaired) electrons. The Morgan fingerprint density at radius 1 is 1.25 bits per heavy atom. The lowest BCUT2D eigenvalue weighted by Crippen LogP contribution is -2.29. The number of nitrogens with zero attached hydrogens (tertiary/aromatic N) is 2. The van der Waals surface area contributed by atoms with Crippen molar-refractivity contribution in [1.29, 1.82) is 0 Å². The van der Waals surface area contributed by atoms with Gasteiger partial charge in [-0.2, -0.15) is 0 Å². The Morgan fingerprint density at radius 3 is 2.79 bits per heavy atom. The summed E-state index contributed by atoms with van der Waals surface area (Å²) in [5, 5.41) is 5.57. The molecule has 0 saturated carbocycles. The van der Waals surface area contributed by atoms with E-state index in [9.17, 15) is 9.59 Å². The molecule has 0 aliphatic carbocycles. The number of hydrogen-bond acceptors (Lipinski definition) is 5. The van der Waals surface area contributed by atoms with Crippen LogP contribution in [0.15, 0.2) is 48.8 Å². The van der Waals surface area contributed by atoms with Gasteiger partial charge in [0.2, 0.25) is 11.8 Å². The maximum Gasteiger partial charge on any atom is 0.255 e. The summed E-state index contributed by atoms with van der Waals surface area (Å²) in [6.45, 7) is 5.52. The summed E-state index contributed by atoms with van der Waals surface area (Å²) in [5.74, 6) is 0.112. The van der Waals surface area contributed by atoms with E-state index in [1.807, 2.05) is 13.8 Å². The van der Waals surface area contributed by atoms with E-state index in [1.165, 1.54) is 12.3 Å². The van der Waals surface area contributed by atoms with Crippen molar-refractivity contribution in [1.82, 2.24) is 20.3 Å². The number of amides is 2. The summed E-state index contributed by atoms with van der Waals surface area (Å²) in [5.41, 5.74) is 1.78. The van der Waals surface area contributed by atoms with E-state index in [-0.39, 0.29) is 23.7 Å². The van der Waals surface area contributed by atoms with E-state index in [1.54, 1.807) is 43.5 Å². The number of aromatic nitrogens is 3. The summed E-state index contributed by atoms with van der Waals surface area (Å²) >= 11 is 0. The van der Waals surface area contributed by atoms with Crippen LogP contribution in [-0.2, 0) is 4.79 Å². The van der Waals surface area contributed by atoms with E-state index in [2.05, 4.69) is 25.6 Å². The molecule has 3 aromatic rings. The number of carbonyl (C=O) groups is 2. The van der Waals surface area contributed by atoms with Crippen LogP contribution >= 0.6 is 0 Å². The van der Waals surface area contributed by atoms with Crippen molar-refractivity contribution in [3.8, 4) is 11.6 Å². The second-order valence-corrected chi connectivity index (χ2v) is 6.32. The minimum absolute atomic E-state index is 0.00231. The quantitative estimate of drug-likeness (QED) is 0.569. The molecule has 0 unspecified atom stereocenters. The number of allylic oxidation sites excluding steroid dienone is 1. The summed E-state index contributed by atoms with van der Waals surface area (Å²) in [7, 11) is 0. The highest BCUT2D eigenvalue weighted by Gasteiger charge is 2.16. The molecule has 8 nitrogen and oxygen atoms in total. The van der Waals surface area contributed by atoms with Crippen LogP contribution in [0, 0.1) is 0 Å². The second-order valence-electron chi connectivity index (χ2n) is 6.32. The van der Waals surface area contributed by atoms with E-state index in [4.69, 9.17) is 4.74 Å². The third kappa shape index (κ3) is 4.35. The maximum atomic E-state index is 12.3. The van der Waals surface area contributed by atoms with Gasteiger partial charge in [0.15, 0.2) is 11.4 Å². The average Bonchev–Trinajstić information content (AvgIpc) is 3.06. The topological polar surface area (TPSA) is 109 Å². The lowest BCUT2D eigenvalue weighted by Gasteiger charge is -2.11. The molecule has 0 aliphatic rings. The van der Waals surface area contributed by atoms with Crippen molar-refractivity contribution in [3.05, 3.63) is 54.4 Å². The van der Waals surface area contributed by atoms with Crippen LogP contribution in [0.5, 0.6) is 11.6 Å². The first kappa shape index (κ1) is 19.1. The molecule has 144 valence electrons. The molecule has 2 aromatic heterocycles. The number of rotatable bonds is 6. The second kappa shape index (κ2) is 8.34. The average molecular weight is 379 g/mol. The third-order valence-electron chi connectivity index (χ3n) is 3.70. The minimum Gasteiger partial charge on any atom is -0.435 e. The van der Waals surface area contributed by atoms with Crippen molar-refractivity contribution in [2.24, 2.45) is 0 Å². The highest BCUT2D eigenvalue weighted by Crippen LogP contribution is 2.29. The van der Waals surface area contributed by atoms with Crippen molar-refractivity contribution < 1.29 is 14.3 Å². The standard InChI is InChI=1S/C20H21N5O3/c1-4-7-16(26)24-14-8-5-6-9-15(14)28-17-11-22-19-18(25-17)13(10-21-19)20(27)23-12(2)3/h4-12H,1-3H3,(H,21,22)(H,23,27)(H,24,26). The predicted octanol–water partition coefficient (Wildman–Crippen LogP) is 3.40. The summed E-state index contributed by atoms with van der Waals surface area (Å²) in [4.78, 5) is 35.8. The van der Waals surface area contributed by atoms with E-state index in [0.717, 1.165) is 0 Å². The Morgan fingerprint density at radius 2 is 2.04 bits per heavy atom. The van der Waals surface area contributed by atoms with Gasteiger partial charge in [0, 0.05) is 12.2 Å². The highest BCUT2D eigenvalue weighted by molar-refractivity contribution is 6.04. The molecule has 0 fully saturated rings. The van der Waals surface area contributed by atoms with Crippen LogP contribution in [0.2, 0.25) is 0 Å². The van der Waals surface area contributed by atoms with Crippen molar-refractivity contribution in [3.63, 3.8) is 0 Å². The number of para-hydroxylation sites is 2. The van der Waals surface area contributed by atoms with Gasteiger partial charge in [-0.1, -0.05) is 18.2 Å². The van der Waals surface area contributed by atoms with Crippen LogP contribution in [0.3, 0.4) is 0 Å². The molecule has 0 atom stereocenters. The molecule has 0 spiro atoms. The lowest BCUT2D eigenvalue weighted by molar-refractivity contribution is -0.111. The number of fused-ring (bicyclic) bond motifs is 1. The number of hydrogen-bond donors (Lipinski definition) is 3. The molecule has 8 heteroatoms. The largest absolute Gasteiger partial charge is 0.435 e. The molecule has 3 N–H and O–H groups in total.